The number of nitrogens with zero attached hydrogens (tertiary/aromatic N) is 1. The molecular formula is C20H20N4O3S. The number of benzene rings is 2. The summed E-state index contributed by atoms with van der Waals surface area (Å²) in [7, 11) is -3.72. The Morgan fingerprint density at radius 3 is 2.14 bits per heavy atom. The smallest absolute Gasteiger partial charge is 0.261 e. The first-order valence-electron chi connectivity index (χ1n) is 8.57. The molecule has 3 N–H and O–H groups in total. The van der Waals surface area contributed by atoms with Gasteiger partial charge < -0.3 is 10.6 Å². The van der Waals surface area contributed by atoms with E-state index in [1.54, 1.807) is 42.6 Å². The first kappa shape index (κ1) is 19.4. The molecule has 7 nitrogen and oxygen atoms in total. The summed E-state index contributed by atoms with van der Waals surface area (Å²) in [4.78, 5) is 15.4. The molecule has 3 rings (SSSR count). The summed E-state index contributed by atoms with van der Waals surface area (Å²) >= 11 is 0. The van der Waals surface area contributed by atoms with Gasteiger partial charge >= 0.3 is 0 Å². The van der Waals surface area contributed by atoms with E-state index < -0.39 is 10.0 Å². The van der Waals surface area contributed by atoms with E-state index in [-0.39, 0.29) is 10.8 Å². The minimum atomic E-state index is -3.72. The van der Waals surface area contributed by atoms with Crippen molar-refractivity contribution in [3.8, 4) is 0 Å². The highest BCUT2D eigenvalue weighted by Gasteiger charge is 2.14. The van der Waals surface area contributed by atoms with Gasteiger partial charge in [0.2, 0.25) is 5.91 Å². The van der Waals surface area contributed by atoms with E-state index in [0.717, 1.165) is 11.4 Å². The molecule has 0 bridgehead atoms. The SMILES string of the molecule is CC(=O)Nc1ccc(S(=O)(=O)Nc2ccc(NCc3ccccn3)cc2)cc1. The highest BCUT2D eigenvalue weighted by Crippen LogP contribution is 2.20. The molecule has 2 aromatic carbocycles. The Bertz CT molecular complexity index is 1040. The van der Waals surface area contributed by atoms with Crippen LogP contribution in [-0.4, -0.2) is 19.3 Å². The average molecular weight is 396 g/mol. The van der Waals surface area contributed by atoms with Gasteiger partial charge in [-0.2, -0.15) is 0 Å². The van der Waals surface area contributed by atoms with Crippen LogP contribution in [0.4, 0.5) is 17.1 Å². The van der Waals surface area contributed by atoms with Crippen LogP contribution >= 0.6 is 0 Å². The van der Waals surface area contributed by atoms with Crippen LogP contribution in [-0.2, 0) is 21.4 Å². The second kappa shape index (κ2) is 8.53. The fraction of sp³-hybridized carbons (Fsp3) is 0.100. The van der Waals surface area contributed by atoms with Gasteiger partial charge in [0.15, 0.2) is 0 Å². The predicted molar refractivity (Wildman–Crippen MR) is 110 cm³/mol. The number of aromatic nitrogens is 1. The Balaban J connectivity index is 1.63. The van der Waals surface area contributed by atoms with Gasteiger partial charge in [-0.25, -0.2) is 8.42 Å². The molecule has 0 atom stereocenters. The summed E-state index contributed by atoms with van der Waals surface area (Å²) in [6.07, 6.45) is 1.73. The van der Waals surface area contributed by atoms with Crippen LogP contribution in [0.25, 0.3) is 0 Å². The molecule has 0 radical (unpaired) electrons. The molecule has 1 heterocycles. The van der Waals surface area contributed by atoms with Gasteiger partial charge in [-0.05, 0) is 60.7 Å². The molecule has 0 saturated carbocycles. The van der Waals surface area contributed by atoms with E-state index >= 15 is 0 Å². The van der Waals surface area contributed by atoms with Crippen molar-refractivity contribution in [3.63, 3.8) is 0 Å². The zero-order chi connectivity index (χ0) is 20.0. The van der Waals surface area contributed by atoms with Crippen molar-refractivity contribution in [2.24, 2.45) is 0 Å². The van der Waals surface area contributed by atoms with Gasteiger partial charge in [0.05, 0.1) is 17.1 Å². The average Bonchev–Trinajstić information content (AvgIpc) is 2.68. The number of hydrogen-bond acceptors (Lipinski definition) is 5. The lowest BCUT2D eigenvalue weighted by Crippen LogP contribution is -2.13. The van der Waals surface area contributed by atoms with Crippen LogP contribution in [0, 0.1) is 0 Å². The molecule has 0 unspecified atom stereocenters. The maximum atomic E-state index is 12.5. The van der Waals surface area contributed by atoms with Crippen LogP contribution in [0.1, 0.15) is 12.6 Å². The lowest BCUT2D eigenvalue weighted by atomic mass is 10.3. The van der Waals surface area contributed by atoms with E-state index in [1.165, 1.54) is 19.1 Å². The fourth-order valence-electron chi connectivity index (χ4n) is 2.49. The summed E-state index contributed by atoms with van der Waals surface area (Å²) in [6.45, 7) is 1.97. The number of pyridine rings is 1. The van der Waals surface area contributed by atoms with Crippen molar-refractivity contribution in [3.05, 3.63) is 78.6 Å². The van der Waals surface area contributed by atoms with E-state index in [1.807, 2.05) is 18.2 Å². The molecule has 28 heavy (non-hydrogen) atoms. The summed E-state index contributed by atoms with van der Waals surface area (Å²) in [5.74, 6) is -0.217. The van der Waals surface area contributed by atoms with E-state index in [4.69, 9.17) is 0 Å². The third-order valence-corrected chi connectivity index (χ3v) is 5.22. The molecule has 0 fully saturated rings. The number of sulfonamides is 1. The molecule has 1 aromatic heterocycles. The zero-order valence-electron chi connectivity index (χ0n) is 15.2. The standard InChI is InChI=1S/C20H20N4O3S/c1-15(25)23-17-9-11-20(12-10-17)28(26,27)24-18-7-5-16(6-8-18)22-14-19-4-2-3-13-21-19/h2-13,22,24H,14H2,1H3,(H,23,25). The Morgan fingerprint density at radius 2 is 1.54 bits per heavy atom. The molecule has 3 aromatic rings. The maximum absolute atomic E-state index is 12.5. The van der Waals surface area contributed by atoms with Crippen molar-refractivity contribution >= 4 is 33.0 Å². The van der Waals surface area contributed by atoms with Crippen LogP contribution in [0.5, 0.6) is 0 Å². The van der Waals surface area contributed by atoms with Crippen LogP contribution < -0.4 is 15.4 Å². The summed E-state index contributed by atoms with van der Waals surface area (Å²) in [6, 6.07) is 18.6. The highest BCUT2D eigenvalue weighted by atomic mass is 32.2. The number of carbonyl (C=O) groups is 1. The zero-order valence-corrected chi connectivity index (χ0v) is 16.0. The topological polar surface area (TPSA) is 100 Å². The minimum Gasteiger partial charge on any atom is -0.379 e. The van der Waals surface area contributed by atoms with Crippen molar-refractivity contribution in [2.75, 3.05) is 15.4 Å². The minimum absolute atomic E-state index is 0.110. The molecule has 144 valence electrons. The second-order valence-corrected chi connectivity index (χ2v) is 7.75. The molecule has 0 aliphatic carbocycles. The first-order valence-corrected chi connectivity index (χ1v) is 10.0. The lowest BCUT2D eigenvalue weighted by molar-refractivity contribution is -0.114. The van der Waals surface area contributed by atoms with Crippen LogP contribution in [0.3, 0.4) is 0 Å². The van der Waals surface area contributed by atoms with E-state index in [0.29, 0.717) is 17.9 Å². The fourth-order valence-corrected chi connectivity index (χ4v) is 3.54. The predicted octanol–water partition coefficient (Wildman–Crippen LogP) is 3.45. The molecule has 1 amide bonds. The summed E-state index contributed by atoms with van der Waals surface area (Å²) < 4.78 is 27.6. The Hall–Kier alpha value is -3.39. The number of nitrogens with one attached hydrogen (secondary N) is 3. The van der Waals surface area contributed by atoms with Crippen LogP contribution in [0.15, 0.2) is 77.8 Å². The Labute approximate surface area is 163 Å². The maximum Gasteiger partial charge on any atom is 0.261 e. The van der Waals surface area contributed by atoms with Crippen molar-refractivity contribution in [2.45, 2.75) is 18.4 Å². The number of carbonyl (C=O) groups excluding carboxylic acids is 1. The van der Waals surface area contributed by atoms with Crippen molar-refractivity contribution in [1.29, 1.82) is 0 Å². The van der Waals surface area contributed by atoms with Crippen LogP contribution in [0.2, 0.25) is 0 Å². The number of amides is 1. The second-order valence-electron chi connectivity index (χ2n) is 6.06. The van der Waals surface area contributed by atoms with E-state index in [9.17, 15) is 13.2 Å². The molecule has 0 aliphatic rings. The van der Waals surface area contributed by atoms with Crippen molar-refractivity contribution < 1.29 is 13.2 Å². The molecule has 0 saturated heterocycles. The molecule has 0 aliphatic heterocycles. The van der Waals surface area contributed by atoms with Crippen molar-refractivity contribution in [1.82, 2.24) is 4.98 Å². The van der Waals surface area contributed by atoms with Gasteiger partial charge in [-0.1, -0.05) is 6.07 Å². The molecule has 8 heteroatoms. The summed E-state index contributed by atoms with van der Waals surface area (Å²) in [5, 5.41) is 5.83. The Morgan fingerprint density at radius 1 is 0.893 bits per heavy atom. The molecular weight excluding hydrogens is 376 g/mol. The highest BCUT2D eigenvalue weighted by molar-refractivity contribution is 7.92. The summed E-state index contributed by atoms with van der Waals surface area (Å²) in [5.41, 5.74) is 2.76. The number of rotatable bonds is 7. The largest absolute Gasteiger partial charge is 0.379 e. The molecule has 0 spiro atoms. The van der Waals surface area contributed by atoms with Gasteiger partial charge in [-0.15, -0.1) is 0 Å². The Kier molecular flexibility index (Phi) is 5.90. The third kappa shape index (κ3) is 5.31. The first-order chi connectivity index (χ1) is 13.4. The normalized spacial score (nSPS) is 10.9. The van der Waals surface area contributed by atoms with Gasteiger partial charge in [0.1, 0.15) is 0 Å². The monoisotopic (exact) mass is 396 g/mol. The van der Waals surface area contributed by atoms with E-state index in [2.05, 4.69) is 20.3 Å². The quantitative estimate of drug-likeness (QED) is 0.568. The van der Waals surface area contributed by atoms with Gasteiger partial charge in [0, 0.05) is 30.2 Å². The van der Waals surface area contributed by atoms with Gasteiger partial charge in [0.25, 0.3) is 10.0 Å². The number of anilines is 3. The third-order valence-electron chi connectivity index (χ3n) is 3.82. The van der Waals surface area contributed by atoms with Gasteiger partial charge in [-0.3, -0.25) is 14.5 Å². The lowest BCUT2D eigenvalue weighted by Gasteiger charge is -2.10. The number of hydrogen-bond donors (Lipinski definition) is 3.